The van der Waals surface area contributed by atoms with Crippen molar-refractivity contribution in [3.05, 3.63) is 17.0 Å². The third-order valence-electron chi connectivity index (χ3n) is 6.09. The van der Waals surface area contributed by atoms with E-state index in [1.807, 2.05) is 32.5 Å². The van der Waals surface area contributed by atoms with Crippen molar-refractivity contribution in [3.8, 4) is 0 Å². The van der Waals surface area contributed by atoms with Gasteiger partial charge in [0.25, 0.3) is 0 Å². The molecule has 24 heavy (non-hydrogen) atoms. The lowest BCUT2D eigenvalue weighted by molar-refractivity contribution is -0.148. The number of fused-ring (bicyclic) bond motifs is 2. The Kier molecular flexibility index (Phi) is 4.40. The van der Waals surface area contributed by atoms with E-state index >= 15 is 0 Å². The van der Waals surface area contributed by atoms with Gasteiger partial charge >= 0.3 is 5.97 Å². The lowest BCUT2D eigenvalue weighted by atomic mass is 9.84. The first kappa shape index (κ1) is 17.0. The molecule has 1 aromatic rings. The van der Waals surface area contributed by atoms with Gasteiger partial charge in [0.1, 0.15) is 0 Å². The number of aryl methyl sites for hydroxylation is 2. The second kappa shape index (κ2) is 6.22. The lowest BCUT2D eigenvalue weighted by Crippen LogP contribution is -2.48. The first-order chi connectivity index (χ1) is 11.3. The van der Waals surface area contributed by atoms with E-state index in [1.54, 1.807) is 0 Å². The topological polar surface area (TPSA) is 73.2 Å². The molecule has 2 saturated carbocycles. The third kappa shape index (κ3) is 2.62. The molecule has 3 rings (SSSR count). The number of rotatable bonds is 4. The number of hydrogen-bond acceptors (Lipinski definition) is 4. The highest BCUT2D eigenvalue weighted by Gasteiger charge is 2.52. The summed E-state index contributed by atoms with van der Waals surface area (Å²) in [4.78, 5) is 25.0. The maximum absolute atomic E-state index is 12.8. The van der Waals surface area contributed by atoms with Crippen molar-refractivity contribution >= 4 is 11.9 Å². The summed E-state index contributed by atoms with van der Waals surface area (Å²) < 4.78 is 6.79. The zero-order chi connectivity index (χ0) is 17.6. The largest absolute Gasteiger partial charge is 0.469 e. The van der Waals surface area contributed by atoms with Gasteiger partial charge in [0, 0.05) is 24.3 Å². The molecule has 2 aliphatic rings. The van der Waals surface area contributed by atoms with Crippen molar-refractivity contribution in [1.29, 1.82) is 0 Å². The highest BCUT2D eigenvalue weighted by atomic mass is 16.5. The fourth-order valence-corrected chi connectivity index (χ4v) is 4.81. The number of methoxy groups -OCH3 is 1. The van der Waals surface area contributed by atoms with Gasteiger partial charge < -0.3 is 10.1 Å². The maximum Gasteiger partial charge on any atom is 0.311 e. The summed E-state index contributed by atoms with van der Waals surface area (Å²) in [6, 6.07) is -0.0940. The number of amides is 1. The number of carbonyl (C=O) groups is 2. The molecule has 6 heteroatoms. The van der Waals surface area contributed by atoms with Gasteiger partial charge in [-0.25, -0.2) is 0 Å². The molecular weight excluding hydrogens is 306 g/mol. The molecule has 132 valence electrons. The van der Waals surface area contributed by atoms with Gasteiger partial charge in [0.2, 0.25) is 5.91 Å². The van der Waals surface area contributed by atoms with Gasteiger partial charge in [0.15, 0.2) is 0 Å². The smallest absolute Gasteiger partial charge is 0.311 e. The van der Waals surface area contributed by atoms with Crippen LogP contribution in [0.5, 0.6) is 0 Å². The molecule has 1 heterocycles. The number of esters is 1. The Morgan fingerprint density at radius 3 is 2.54 bits per heavy atom. The zero-order valence-electron chi connectivity index (χ0n) is 15.1. The molecule has 0 aromatic carbocycles. The van der Waals surface area contributed by atoms with Crippen LogP contribution in [0, 0.1) is 31.6 Å². The molecule has 0 spiro atoms. The molecule has 0 aliphatic heterocycles. The van der Waals surface area contributed by atoms with Gasteiger partial charge in [-0.2, -0.15) is 5.10 Å². The minimum absolute atomic E-state index is 0.0272. The molecule has 2 aliphatic carbocycles. The SMILES string of the molecule is COC(=O)[C@@H]1[C@H]2CC[C@@H](C2)[C@H]1NC(=O)[C@@H](C)c1c(C)nn(C)c1C. The number of nitrogens with one attached hydrogen (secondary N) is 1. The molecule has 0 saturated heterocycles. The van der Waals surface area contributed by atoms with Gasteiger partial charge in [-0.3, -0.25) is 14.3 Å². The van der Waals surface area contributed by atoms with Crippen LogP contribution in [-0.2, 0) is 21.4 Å². The Morgan fingerprint density at radius 1 is 1.29 bits per heavy atom. The van der Waals surface area contributed by atoms with Crippen molar-refractivity contribution in [3.63, 3.8) is 0 Å². The van der Waals surface area contributed by atoms with E-state index in [2.05, 4.69) is 10.4 Å². The normalized spacial score (nSPS) is 29.5. The quantitative estimate of drug-likeness (QED) is 0.854. The Bertz CT molecular complexity index is 667. The van der Waals surface area contributed by atoms with Crippen molar-refractivity contribution in [2.24, 2.45) is 24.8 Å². The molecule has 1 aromatic heterocycles. The van der Waals surface area contributed by atoms with Crippen LogP contribution in [0.2, 0.25) is 0 Å². The number of nitrogens with zero attached hydrogens (tertiary/aromatic N) is 2. The van der Waals surface area contributed by atoms with Crippen molar-refractivity contribution in [1.82, 2.24) is 15.1 Å². The van der Waals surface area contributed by atoms with Crippen molar-refractivity contribution in [2.45, 2.75) is 52.0 Å². The first-order valence-electron chi connectivity index (χ1n) is 8.73. The Balaban J connectivity index is 1.77. The first-order valence-corrected chi connectivity index (χ1v) is 8.73. The van der Waals surface area contributed by atoms with Crippen LogP contribution in [0.3, 0.4) is 0 Å². The summed E-state index contributed by atoms with van der Waals surface area (Å²) in [5.74, 6) is 0.0583. The summed E-state index contributed by atoms with van der Waals surface area (Å²) in [5, 5.41) is 7.56. The van der Waals surface area contributed by atoms with Crippen molar-refractivity contribution in [2.75, 3.05) is 7.11 Å². The lowest BCUT2D eigenvalue weighted by Gasteiger charge is -2.30. The molecule has 2 bridgehead atoms. The monoisotopic (exact) mass is 333 g/mol. The molecule has 1 N–H and O–H groups in total. The van der Waals surface area contributed by atoms with E-state index in [0.717, 1.165) is 36.2 Å². The summed E-state index contributed by atoms with van der Waals surface area (Å²) in [6.45, 7) is 5.82. The molecule has 0 unspecified atom stereocenters. The van der Waals surface area contributed by atoms with Gasteiger partial charge in [-0.05, 0) is 51.9 Å². The summed E-state index contributed by atoms with van der Waals surface area (Å²) in [7, 11) is 3.32. The van der Waals surface area contributed by atoms with E-state index < -0.39 is 0 Å². The Morgan fingerprint density at radius 2 is 1.96 bits per heavy atom. The van der Waals surface area contributed by atoms with E-state index in [1.165, 1.54) is 7.11 Å². The molecule has 0 radical (unpaired) electrons. The van der Waals surface area contributed by atoms with Crippen molar-refractivity contribution < 1.29 is 14.3 Å². The summed E-state index contributed by atoms with van der Waals surface area (Å²) >= 11 is 0. The average molecular weight is 333 g/mol. The zero-order valence-corrected chi connectivity index (χ0v) is 15.1. The molecule has 6 nitrogen and oxygen atoms in total. The van der Waals surface area contributed by atoms with E-state index in [9.17, 15) is 9.59 Å². The minimum atomic E-state index is -0.281. The van der Waals surface area contributed by atoms with Crippen LogP contribution in [0.25, 0.3) is 0 Å². The van der Waals surface area contributed by atoms with Crippen LogP contribution in [-0.4, -0.2) is 34.8 Å². The molecular formula is C18H27N3O3. The third-order valence-corrected chi connectivity index (χ3v) is 6.09. The van der Waals surface area contributed by atoms with E-state index in [0.29, 0.717) is 11.8 Å². The average Bonchev–Trinajstić information content (AvgIpc) is 3.21. The highest BCUT2D eigenvalue weighted by molar-refractivity contribution is 5.85. The molecule has 1 amide bonds. The predicted octanol–water partition coefficient (Wildman–Crippen LogP) is 1.84. The standard InChI is InChI=1S/C18H27N3O3/c1-9(14-10(2)20-21(4)11(14)3)17(22)19-16-13-7-6-12(8-13)15(16)18(23)24-5/h9,12-13,15-16H,6-8H2,1-5H3,(H,19,22)/t9-,12-,13-,15+,16+/m0/s1. The highest BCUT2D eigenvalue weighted by Crippen LogP contribution is 2.49. The fraction of sp³-hybridized carbons (Fsp3) is 0.722. The van der Waals surface area contributed by atoms with E-state index in [-0.39, 0.29) is 29.8 Å². The maximum atomic E-state index is 12.8. The predicted molar refractivity (Wildman–Crippen MR) is 89.4 cm³/mol. The van der Waals surface area contributed by atoms with Crippen LogP contribution in [0.4, 0.5) is 0 Å². The Labute approximate surface area is 142 Å². The minimum Gasteiger partial charge on any atom is -0.469 e. The number of hydrogen-bond donors (Lipinski definition) is 1. The number of ether oxygens (including phenoxy) is 1. The van der Waals surface area contributed by atoms with E-state index in [4.69, 9.17) is 4.74 Å². The number of aromatic nitrogens is 2. The van der Waals surface area contributed by atoms with Crippen LogP contribution in [0.15, 0.2) is 0 Å². The summed E-state index contributed by atoms with van der Waals surface area (Å²) in [5.41, 5.74) is 2.87. The second-order valence-electron chi connectivity index (χ2n) is 7.35. The second-order valence-corrected chi connectivity index (χ2v) is 7.35. The van der Waals surface area contributed by atoms with Gasteiger partial charge in [0.05, 0.1) is 24.6 Å². The van der Waals surface area contributed by atoms with Crippen LogP contribution >= 0.6 is 0 Å². The van der Waals surface area contributed by atoms with Gasteiger partial charge in [-0.15, -0.1) is 0 Å². The summed E-state index contributed by atoms with van der Waals surface area (Å²) in [6.07, 6.45) is 3.17. The Hall–Kier alpha value is -1.85. The van der Waals surface area contributed by atoms with Crippen LogP contribution in [0.1, 0.15) is 49.1 Å². The number of carbonyl (C=O) groups excluding carboxylic acids is 2. The van der Waals surface area contributed by atoms with Gasteiger partial charge in [-0.1, -0.05) is 0 Å². The molecule has 2 fully saturated rings. The fourth-order valence-electron chi connectivity index (χ4n) is 4.81. The molecule has 5 atom stereocenters. The van der Waals surface area contributed by atoms with Crippen LogP contribution < -0.4 is 5.32 Å².